The minimum Gasteiger partial charge on any atom is -0.756 e. The van der Waals surface area contributed by atoms with Crippen molar-refractivity contribution in [2.75, 3.05) is 13.2 Å². The quantitative estimate of drug-likeness (QED) is 0.0964. The van der Waals surface area contributed by atoms with Gasteiger partial charge in [-0.3, -0.25) is 37.6 Å². The van der Waals surface area contributed by atoms with Crippen molar-refractivity contribution in [1.29, 1.82) is 0 Å². The fourth-order valence-electron chi connectivity index (χ4n) is 4.06. The first-order valence-electron chi connectivity index (χ1n) is 11.8. The zero-order chi connectivity index (χ0) is 31.6. The number of phosphoric ester groups is 2. The van der Waals surface area contributed by atoms with Crippen molar-refractivity contribution in [1.82, 2.24) is 14.9 Å². The van der Waals surface area contributed by atoms with Crippen LogP contribution in [0, 0.1) is 0 Å². The minimum atomic E-state index is -5.99. The summed E-state index contributed by atoms with van der Waals surface area (Å²) in [5.74, 6) is -1.77. The summed E-state index contributed by atoms with van der Waals surface area (Å²) >= 11 is 0. The Labute approximate surface area is 234 Å². The lowest BCUT2D eigenvalue weighted by molar-refractivity contribution is -0.286. The van der Waals surface area contributed by atoms with Gasteiger partial charge in [-0.05, 0) is 0 Å². The highest BCUT2D eigenvalue weighted by Crippen LogP contribution is 2.57. The molecule has 1 amide bonds. The van der Waals surface area contributed by atoms with Gasteiger partial charge < -0.3 is 54.3 Å². The van der Waals surface area contributed by atoms with Crippen molar-refractivity contribution in [2.24, 2.45) is 0 Å². The zero-order valence-electron chi connectivity index (χ0n) is 21.6. The van der Waals surface area contributed by atoms with E-state index in [4.69, 9.17) is 14.2 Å². The molecule has 238 valence electrons. The number of ether oxygens (including phenoxy) is 3. The first kappa shape index (κ1) is 34.1. The Bertz CT molecular complexity index is 1350. The molecule has 2 aliphatic rings. The third-order valence-electron chi connectivity index (χ3n) is 5.82. The number of esters is 1. The summed E-state index contributed by atoms with van der Waals surface area (Å²) in [5, 5.41) is 42.6. The molecule has 3 rings (SSSR count). The number of amides is 1. The van der Waals surface area contributed by atoms with Crippen molar-refractivity contribution in [2.45, 2.75) is 69.0 Å². The minimum absolute atomic E-state index is 0.692. The van der Waals surface area contributed by atoms with Crippen LogP contribution in [-0.4, -0.2) is 104 Å². The van der Waals surface area contributed by atoms with Crippen LogP contribution in [0.5, 0.6) is 0 Å². The molecule has 0 saturated carbocycles. The molecule has 21 nitrogen and oxygen atoms in total. The number of aromatic nitrogens is 2. The van der Waals surface area contributed by atoms with Crippen LogP contribution in [-0.2, 0) is 46.3 Å². The molecule has 0 spiro atoms. The van der Waals surface area contributed by atoms with E-state index in [0.29, 0.717) is 4.57 Å². The fraction of sp³-hybridized carbons (Fsp3) is 0.684. The number of rotatable bonds is 11. The number of aliphatic hydroxyl groups is 4. The molecule has 6 N–H and O–H groups in total. The molecule has 2 aliphatic heterocycles. The van der Waals surface area contributed by atoms with E-state index in [1.54, 1.807) is 0 Å². The second-order valence-electron chi connectivity index (χ2n) is 8.96. The Morgan fingerprint density at radius 2 is 1.74 bits per heavy atom. The topological polar surface area (TPSA) is 318 Å². The SMILES string of the molecule is CC(=O)N[C@H]1[C@@H](OP(=O)([O-])OP(=O)([O-])OC[C@H]2O[C@@H](n3ccc(=O)[nH]c3=O)[C@H](O)[C@@H]2O)O[C@H](CO)[C@@H](OC(C)=O)[C@@H]1O. The average Bonchev–Trinajstić information content (AvgIpc) is 3.14. The Hall–Kier alpha value is -2.36. The van der Waals surface area contributed by atoms with E-state index in [0.717, 1.165) is 26.1 Å². The number of nitrogens with zero attached hydrogens (tertiary/aromatic N) is 1. The number of hydrogen-bond acceptors (Lipinski definition) is 18. The lowest BCUT2D eigenvalue weighted by atomic mass is 9.96. The molecular formula is C19H27N3O18P2-2. The van der Waals surface area contributed by atoms with Crippen LogP contribution < -0.4 is 26.4 Å². The van der Waals surface area contributed by atoms with Gasteiger partial charge in [0.05, 0.1) is 13.2 Å². The van der Waals surface area contributed by atoms with Gasteiger partial charge in [0.2, 0.25) is 5.91 Å². The summed E-state index contributed by atoms with van der Waals surface area (Å²) in [4.78, 5) is 72.8. The lowest BCUT2D eigenvalue weighted by Gasteiger charge is -2.45. The van der Waals surface area contributed by atoms with Crippen molar-refractivity contribution in [3.63, 3.8) is 0 Å². The van der Waals surface area contributed by atoms with Gasteiger partial charge in [-0.25, -0.2) is 9.11 Å². The highest BCUT2D eigenvalue weighted by Gasteiger charge is 2.49. The van der Waals surface area contributed by atoms with Crippen LogP contribution in [0.4, 0.5) is 0 Å². The van der Waals surface area contributed by atoms with Gasteiger partial charge in [0.15, 0.2) is 18.6 Å². The van der Waals surface area contributed by atoms with Crippen molar-refractivity contribution in [3.05, 3.63) is 33.1 Å². The molecule has 0 aliphatic carbocycles. The Morgan fingerprint density at radius 1 is 1.07 bits per heavy atom. The van der Waals surface area contributed by atoms with E-state index in [9.17, 15) is 58.5 Å². The van der Waals surface area contributed by atoms with Crippen LogP contribution in [0.3, 0.4) is 0 Å². The first-order valence-corrected chi connectivity index (χ1v) is 14.7. The van der Waals surface area contributed by atoms with Gasteiger partial charge in [-0.2, -0.15) is 0 Å². The summed E-state index contributed by atoms with van der Waals surface area (Å²) in [6.07, 6.45) is -13.3. The Kier molecular flexibility index (Phi) is 11.0. The Morgan fingerprint density at radius 3 is 2.31 bits per heavy atom. The van der Waals surface area contributed by atoms with Crippen LogP contribution >= 0.6 is 15.6 Å². The van der Waals surface area contributed by atoms with Crippen molar-refractivity contribution >= 4 is 27.5 Å². The van der Waals surface area contributed by atoms with E-state index >= 15 is 0 Å². The van der Waals surface area contributed by atoms with Crippen molar-refractivity contribution < 1.29 is 76.5 Å². The smallest absolute Gasteiger partial charge is 0.330 e. The average molecular weight is 647 g/mol. The van der Waals surface area contributed by atoms with E-state index in [-0.39, 0.29) is 0 Å². The molecule has 42 heavy (non-hydrogen) atoms. The number of carbonyl (C=O) groups excluding carboxylic acids is 2. The highest BCUT2D eigenvalue weighted by molar-refractivity contribution is 7.59. The van der Waals surface area contributed by atoms with Gasteiger partial charge in [-0.1, -0.05) is 0 Å². The molecular weight excluding hydrogens is 620 g/mol. The summed E-state index contributed by atoms with van der Waals surface area (Å²) in [6.45, 7) is -0.166. The number of hydrogen-bond donors (Lipinski definition) is 6. The van der Waals surface area contributed by atoms with Gasteiger partial charge in [0.1, 0.15) is 36.6 Å². The highest BCUT2D eigenvalue weighted by atomic mass is 31.3. The second kappa shape index (κ2) is 13.5. The summed E-state index contributed by atoms with van der Waals surface area (Å²) in [5.41, 5.74) is -1.80. The maximum absolute atomic E-state index is 12.4. The Balaban J connectivity index is 1.68. The largest absolute Gasteiger partial charge is 0.756 e. The second-order valence-corrected chi connectivity index (χ2v) is 11.9. The van der Waals surface area contributed by atoms with Crippen molar-refractivity contribution in [3.8, 4) is 0 Å². The fourth-order valence-corrected chi connectivity index (χ4v) is 6.15. The molecule has 0 radical (unpaired) electrons. The number of aromatic amines is 1. The number of aliphatic hydroxyl groups excluding tert-OH is 4. The summed E-state index contributed by atoms with van der Waals surface area (Å²) in [6, 6.07) is -0.881. The third-order valence-corrected chi connectivity index (χ3v) is 8.35. The van der Waals surface area contributed by atoms with Gasteiger partial charge in [-0.15, -0.1) is 0 Å². The van der Waals surface area contributed by atoms with Crippen LogP contribution in [0.1, 0.15) is 20.1 Å². The first-order chi connectivity index (χ1) is 19.4. The molecule has 3 heterocycles. The van der Waals surface area contributed by atoms with Crippen LogP contribution in [0.15, 0.2) is 21.9 Å². The molecule has 1 aromatic heterocycles. The number of phosphoric acid groups is 2. The standard InChI is InChI=1S/C19H29N3O18P2/c1-7(24)20-12-14(28)16(36-8(2)25)9(5-23)38-18(12)39-42(33,34)40-41(31,32)35-6-10-13(27)15(29)17(37-10)22-4-3-11(26)21-19(22)30/h3-4,9-10,12-18,23,27-29H,5-6H2,1-2H3,(H,20,24)(H,31,32)(H,33,34)(H,21,26,30)/p-2/t9-,10-,12-,13-,14-,15-,16-,17-,18-/m1/s1. The number of carbonyl (C=O) groups is 2. The van der Waals surface area contributed by atoms with Crippen LogP contribution in [0.2, 0.25) is 0 Å². The summed E-state index contributed by atoms with van der Waals surface area (Å²) < 4.78 is 53.7. The van der Waals surface area contributed by atoms with E-state index < -0.39 is 107 Å². The molecule has 11 atom stereocenters. The lowest BCUT2D eigenvalue weighted by Crippen LogP contribution is -2.65. The van der Waals surface area contributed by atoms with E-state index in [2.05, 4.69) is 18.7 Å². The van der Waals surface area contributed by atoms with Gasteiger partial charge >= 0.3 is 11.7 Å². The maximum Gasteiger partial charge on any atom is 0.330 e. The summed E-state index contributed by atoms with van der Waals surface area (Å²) in [7, 11) is -11.9. The van der Waals surface area contributed by atoms with Gasteiger partial charge in [0.25, 0.3) is 21.2 Å². The molecule has 23 heteroatoms. The van der Waals surface area contributed by atoms with E-state index in [1.165, 1.54) is 0 Å². The number of H-pyrrole nitrogens is 1. The monoisotopic (exact) mass is 647 g/mol. The molecule has 2 saturated heterocycles. The predicted molar refractivity (Wildman–Crippen MR) is 125 cm³/mol. The molecule has 1 aromatic rings. The molecule has 0 bridgehead atoms. The van der Waals surface area contributed by atoms with E-state index in [1.807, 2.05) is 4.98 Å². The molecule has 2 fully saturated rings. The maximum atomic E-state index is 12.4. The van der Waals surface area contributed by atoms with Crippen LogP contribution in [0.25, 0.3) is 0 Å². The predicted octanol–water partition coefficient (Wildman–Crippen LogP) is -5.34. The number of nitrogens with one attached hydrogen (secondary N) is 2. The zero-order valence-corrected chi connectivity index (χ0v) is 23.4. The molecule has 0 aromatic carbocycles. The normalized spacial score (nSPS) is 34.2. The molecule has 2 unspecified atom stereocenters. The third kappa shape index (κ3) is 8.38. The van der Waals surface area contributed by atoms with Gasteiger partial charge in [0, 0.05) is 26.1 Å².